The Morgan fingerprint density at radius 3 is 2.61 bits per heavy atom. The second-order valence-electron chi connectivity index (χ2n) is 7.52. The zero-order valence-corrected chi connectivity index (χ0v) is 19.1. The number of nitrogens with zero attached hydrogens (tertiary/aromatic N) is 3. The van der Waals surface area contributed by atoms with Crippen LogP contribution in [0.5, 0.6) is 11.5 Å². The number of anilines is 1. The summed E-state index contributed by atoms with van der Waals surface area (Å²) in [6.45, 7) is 2.63. The Bertz CT molecular complexity index is 1240. The number of benzene rings is 2. The minimum absolute atomic E-state index is 0.0493. The number of ether oxygens (including phenoxy) is 2. The average Bonchev–Trinajstić information content (AvgIpc) is 3.46. The van der Waals surface area contributed by atoms with E-state index in [4.69, 9.17) is 13.9 Å². The fourth-order valence-electron chi connectivity index (χ4n) is 3.23. The molecular formula is C22H24N4O6S. The minimum Gasteiger partial charge on any atom is -0.454 e. The first kappa shape index (κ1) is 22.7. The molecule has 10 nitrogen and oxygen atoms in total. The van der Waals surface area contributed by atoms with E-state index in [1.807, 2.05) is 25.1 Å². The number of nitrogens with one attached hydrogen (secondary N) is 1. The van der Waals surface area contributed by atoms with Crippen molar-refractivity contribution < 1.29 is 27.1 Å². The van der Waals surface area contributed by atoms with Gasteiger partial charge in [0.2, 0.25) is 22.7 Å². The lowest BCUT2D eigenvalue weighted by molar-refractivity contribution is 0.102. The molecule has 3 aromatic rings. The van der Waals surface area contributed by atoms with Crippen LogP contribution < -0.4 is 14.8 Å². The molecule has 0 spiro atoms. The molecule has 1 amide bonds. The highest BCUT2D eigenvalue weighted by Gasteiger charge is 2.21. The fourth-order valence-corrected chi connectivity index (χ4v) is 4.44. The third kappa shape index (κ3) is 5.15. The van der Waals surface area contributed by atoms with E-state index in [1.165, 1.54) is 28.6 Å². The topological polar surface area (TPSA) is 124 Å². The summed E-state index contributed by atoms with van der Waals surface area (Å²) >= 11 is 0. The van der Waals surface area contributed by atoms with Crippen LogP contribution in [0.15, 0.2) is 51.8 Å². The zero-order valence-electron chi connectivity index (χ0n) is 18.3. The summed E-state index contributed by atoms with van der Waals surface area (Å²) in [6.07, 6.45) is 2.03. The molecule has 2 aromatic carbocycles. The van der Waals surface area contributed by atoms with Crippen LogP contribution in [-0.2, 0) is 16.4 Å². The molecule has 1 aliphatic heterocycles. The zero-order chi connectivity index (χ0) is 23.4. The van der Waals surface area contributed by atoms with Crippen LogP contribution >= 0.6 is 0 Å². The maximum Gasteiger partial charge on any atom is 0.322 e. The lowest BCUT2D eigenvalue weighted by Crippen LogP contribution is -2.28. The smallest absolute Gasteiger partial charge is 0.322 e. The van der Waals surface area contributed by atoms with E-state index in [-0.39, 0.29) is 23.3 Å². The normalized spacial score (nSPS) is 12.8. The number of amides is 1. The van der Waals surface area contributed by atoms with Crippen LogP contribution in [0.1, 0.15) is 41.6 Å². The highest BCUT2D eigenvalue weighted by molar-refractivity contribution is 7.89. The maximum atomic E-state index is 12.6. The van der Waals surface area contributed by atoms with Gasteiger partial charge in [0.1, 0.15) is 0 Å². The molecule has 2 heterocycles. The highest BCUT2D eigenvalue weighted by Crippen LogP contribution is 2.33. The van der Waals surface area contributed by atoms with E-state index in [1.54, 1.807) is 7.05 Å². The summed E-state index contributed by atoms with van der Waals surface area (Å²) in [6, 6.07) is 11.2. The SMILES string of the molecule is CCCCN(C)S(=O)(=O)c1ccc(C(=O)Nc2nnc(Cc3ccc4c(c3)OCO4)o2)cc1. The summed E-state index contributed by atoms with van der Waals surface area (Å²) in [5, 5.41) is 10.3. The van der Waals surface area contributed by atoms with Gasteiger partial charge in [-0.3, -0.25) is 10.1 Å². The number of rotatable bonds is 9. The molecule has 0 aliphatic carbocycles. The average molecular weight is 473 g/mol. The van der Waals surface area contributed by atoms with Crippen molar-refractivity contribution in [2.75, 3.05) is 25.7 Å². The summed E-state index contributed by atoms with van der Waals surface area (Å²) in [4.78, 5) is 12.6. The van der Waals surface area contributed by atoms with Gasteiger partial charge >= 0.3 is 6.01 Å². The van der Waals surface area contributed by atoms with Gasteiger partial charge in [-0.1, -0.05) is 24.5 Å². The molecule has 0 fully saturated rings. The Kier molecular flexibility index (Phi) is 6.61. The number of carbonyl (C=O) groups excluding carboxylic acids is 1. The molecule has 0 bridgehead atoms. The van der Waals surface area contributed by atoms with E-state index in [0.29, 0.717) is 30.4 Å². The van der Waals surface area contributed by atoms with Crippen molar-refractivity contribution in [2.45, 2.75) is 31.1 Å². The fraction of sp³-hybridized carbons (Fsp3) is 0.318. The summed E-state index contributed by atoms with van der Waals surface area (Å²) in [5.41, 5.74) is 1.15. The molecule has 1 aromatic heterocycles. The van der Waals surface area contributed by atoms with Crippen molar-refractivity contribution in [3.8, 4) is 11.5 Å². The van der Waals surface area contributed by atoms with Crippen LogP contribution in [0.2, 0.25) is 0 Å². The molecule has 11 heteroatoms. The molecule has 0 saturated carbocycles. The van der Waals surface area contributed by atoms with Gasteiger partial charge in [0, 0.05) is 19.2 Å². The Labute approximate surface area is 191 Å². The molecule has 174 valence electrons. The van der Waals surface area contributed by atoms with Gasteiger partial charge in [-0.25, -0.2) is 12.7 Å². The van der Waals surface area contributed by atoms with E-state index in [2.05, 4.69) is 15.5 Å². The molecule has 1 N–H and O–H groups in total. The van der Waals surface area contributed by atoms with Crippen molar-refractivity contribution >= 4 is 21.9 Å². The third-order valence-electron chi connectivity index (χ3n) is 5.13. The molecule has 0 unspecified atom stereocenters. The van der Waals surface area contributed by atoms with Gasteiger partial charge in [0.25, 0.3) is 5.91 Å². The molecule has 33 heavy (non-hydrogen) atoms. The first-order chi connectivity index (χ1) is 15.9. The predicted molar refractivity (Wildman–Crippen MR) is 119 cm³/mol. The second kappa shape index (κ2) is 9.59. The summed E-state index contributed by atoms with van der Waals surface area (Å²) in [7, 11) is -2.05. The maximum absolute atomic E-state index is 12.6. The number of aromatic nitrogens is 2. The van der Waals surface area contributed by atoms with Crippen molar-refractivity contribution in [2.24, 2.45) is 0 Å². The molecule has 1 aliphatic rings. The van der Waals surface area contributed by atoms with Crippen molar-refractivity contribution in [3.05, 3.63) is 59.5 Å². The first-order valence-corrected chi connectivity index (χ1v) is 11.9. The Morgan fingerprint density at radius 1 is 1.09 bits per heavy atom. The minimum atomic E-state index is -3.60. The van der Waals surface area contributed by atoms with Crippen LogP contribution in [0.25, 0.3) is 0 Å². The number of unbranched alkanes of at least 4 members (excludes halogenated alkanes) is 1. The van der Waals surface area contributed by atoms with Crippen molar-refractivity contribution in [1.29, 1.82) is 0 Å². The van der Waals surface area contributed by atoms with E-state index >= 15 is 0 Å². The lowest BCUT2D eigenvalue weighted by Gasteiger charge is -2.16. The summed E-state index contributed by atoms with van der Waals surface area (Å²) in [5.74, 6) is 1.17. The highest BCUT2D eigenvalue weighted by atomic mass is 32.2. The standard InChI is InChI=1S/C22H24N4O6S/c1-3-4-11-26(2)33(28,29)17-8-6-16(7-9-17)21(27)23-22-25-24-20(32-22)13-15-5-10-18-19(12-15)31-14-30-18/h5-10,12H,3-4,11,13-14H2,1-2H3,(H,23,25,27). The number of sulfonamides is 1. The van der Waals surface area contributed by atoms with Crippen LogP contribution in [0.4, 0.5) is 6.01 Å². The number of hydrogen-bond acceptors (Lipinski definition) is 8. The van der Waals surface area contributed by atoms with Crippen LogP contribution in [-0.4, -0.2) is 49.2 Å². The number of fused-ring (bicyclic) bond motifs is 1. The molecule has 0 atom stereocenters. The van der Waals surface area contributed by atoms with E-state index in [9.17, 15) is 13.2 Å². The monoisotopic (exact) mass is 472 g/mol. The Hall–Kier alpha value is -3.44. The van der Waals surface area contributed by atoms with Gasteiger partial charge in [-0.05, 0) is 48.4 Å². The van der Waals surface area contributed by atoms with Gasteiger partial charge in [0.05, 0.1) is 11.3 Å². The van der Waals surface area contributed by atoms with Crippen LogP contribution in [0, 0.1) is 0 Å². The quantitative estimate of drug-likeness (QED) is 0.504. The number of hydrogen-bond donors (Lipinski definition) is 1. The molecule has 4 rings (SSSR count). The molecule has 0 radical (unpaired) electrons. The first-order valence-electron chi connectivity index (χ1n) is 10.5. The summed E-state index contributed by atoms with van der Waals surface area (Å²) < 4.78 is 42.7. The molecular weight excluding hydrogens is 448 g/mol. The number of carbonyl (C=O) groups is 1. The lowest BCUT2D eigenvalue weighted by atomic mass is 10.1. The van der Waals surface area contributed by atoms with Gasteiger partial charge < -0.3 is 13.9 Å². The Morgan fingerprint density at radius 2 is 1.85 bits per heavy atom. The Balaban J connectivity index is 1.38. The molecule has 0 saturated heterocycles. The van der Waals surface area contributed by atoms with Crippen molar-refractivity contribution in [3.63, 3.8) is 0 Å². The third-order valence-corrected chi connectivity index (χ3v) is 7.00. The van der Waals surface area contributed by atoms with E-state index in [0.717, 1.165) is 18.4 Å². The van der Waals surface area contributed by atoms with E-state index < -0.39 is 15.9 Å². The van der Waals surface area contributed by atoms with Crippen molar-refractivity contribution in [1.82, 2.24) is 14.5 Å². The van der Waals surface area contributed by atoms with Gasteiger partial charge in [-0.2, -0.15) is 0 Å². The second-order valence-corrected chi connectivity index (χ2v) is 9.57. The predicted octanol–water partition coefficient (Wildman–Crippen LogP) is 3.06. The largest absolute Gasteiger partial charge is 0.454 e. The van der Waals surface area contributed by atoms with Gasteiger partial charge in [0.15, 0.2) is 11.5 Å². The van der Waals surface area contributed by atoms with Crippen LogP contribution in [0.3, 0.4) is 0 Å². The van der Waals surface area contributed by atoms with Gasteiger partial charge in [-0.15, -0.1) is 5.10 Å².